The Labute approximate surface area is 115 Å². The lowest BCUT2D eigenvalue weighted by atomic mass is 9.95. The van der Waals surface area contributed by atoms with Crippen LogP contribution in [0.5, 0.6) is 5.75 Å². The van der Waals surface area contributed by atoms with Gasteiger partial charge in [0.05, 0.1) is 7.11 Å². The predicted molar refractivity (Wildman–Crippen MR) is 77.3 cm³/mol. The van der Waals surface area contributed by atoms with E-state index in [9.17, 15) is 4.79 Å². The molecule has 4 heteroatoms. The molecule has 1 aromatic carbocycles. The number of ether oxygens (including phenoxy) is 1. The summed E-state index contributed by atoms with van der Waals surface area (Å²) in [5.41, 5.74) is 8.24. The van der Waals surface area contributed by atoms with Crippen LogP contribution in [0.2, 0.25) is 0 Å². The fourth-order valence-corrected chi connectivity index (χ4v) is 1.88. The molecule has 0 fully saturated rings. The van der Waals surface area contributed by atoms with Crippen LogP contribution in [0.4, 0.5) is 0 Å². The zero-order chi connectivity index (χ0) is 14.6. The van der Waals surface area contributed by atoms with Gasteiger partial charge in [0.25, 0.3) is 0 Å². The highest BCUT2D eigenvalue weighted by molar-refractivity contribution is 5.76. The molecule has 19 heavy (non-hydrogen) atoms. The monoisotopic (exact) mass is 264 g/mol. The maximum atomic E-state index is 11.8. The van der Waals surface area contributed by atoms with E-state index in [0.717, 1.165) is 11.3 Å². The molecule has 1 amide bonds. The van der Waals surface area contributed by atoms with E-state index in [-0.39, 0.29) is 18.4 Å². The van der Waals surface area contributed by atoms with E-state index >= 15 is 0 Å². The van der Waals surface area contributed by atoms with Crippen molar-refractivity contribution in [1.82, 2.24) is 4.90 Å². The molecule has 0 aliphatic heterocycles. The van der Waals surface area contributed by atoms with Crippen LogP contribution in [0.25, 0.3) is 0 Å². The second-order valence-corrected chi connectivity index (χ2v) is 5.25. The first-order chi connectivity index (χ1) is 8.86. The summed E-state index contributed by atoms with van der Waals surface area (Å²) >= 11 is 0. The van der Waals surface area contributed by atoms with E-state index in [1.807, 2.05) is 18.2 Å². The topological polar surface area (TPSA) is 55.6 Å². The molecule has 0 radical (unpaired) electrons. The van der Waals surface area contributed by atoms with Crippen molar-refractivity contribution in [2.75, 3.05) is 21.2 Å². The number of hydrogen-bond donors (Lipinski definition) is 1. The normalized spacial score (nSPS) is 12.4. The van der Waals surface area contributed by atoms with Crippen molar-refractivity contribution < 1.29 is 9.53 Å². The van der Waals surface area contributed by atoms with Gasteiger partial charge in [-0.05, 0) is 17.5 Å². The van der Waals surface area contributed by atoms with Crippen molar-refractivity contribution in [3.05, 3.63) is 29.3 Å². The van der Waals surface area contributed by atoms with Crippen molar-refractivity contribution in [1.29, 1.82) is 0 Å². The molecule has 1 atom stereocenters. The Bertz CT molecular complexity index is 442. The van der Waals surface area contributed by atoms with Gasteiger partial charge in [0.15, 0.2) is 0 Å². The maximum Gasteiger partial charge on any atom is 0.223 e. The highest BCUT2D eigenvalue weighted by Gasteiger charge is 2.18. The van der Waals surface area contributed by atoms with E-state index in [1.54, 1.807) is 26.1 Å². The summed E-state index contributed by atoms with van der Waals surface area (Å²) in [5.74, 6) is 1.18. The second kappa shape index (κ2) is 6.57. The number of carbonyl (C=O) groups excluding carboxylic acids is 1. The number of benzene rings is 1. The Morgan fingerprint density at radius 2 is 2.00 bits per heavy atom. The fraction of sp³-hybridized carbons (Fsp3) is 0.533. The van der Waals surface area contributed by atoms with E-state index in [2.05, 4.69) is 13.8 Å². The van der Waals surface area contributed by atoms with E-state index < -0.39 is 0 Å². The summed E-state index contributed by atoms with van der Waals surface area (Å²) in [6.07, 6.45) is 0.283. The fourth-order valence-electron chi connectivity index (χ4n) is 1.88. The Balaban J connectivity index is 3.02. The third-order valence-electron chi connectivity index (χ3n) is 3.21. The molecule has 0 saturated heterocycles. The molecule has 1 rings (SSSR count). The lowest BCUT2D eigenvalue weighted by molar-refractivity contribution is -0.129. The largest absolute Gasteiger partial charge is 0.496 e. The van der Waals surface area contributed by atoms with Crippen LogP contribution in [-0.4, -0.2) is 32.0 Å². The Morgan fingerprint density at radius 1 is 1.37 bits per heavy atom. The standard InChI is InChI=1S/C15H24N2O2/c1-10(2)11-6-7-14(19-5)12(8-11)13(16)9-15(18)17(3)4/h6-8,10,13H,9,16H2,1-5H3. The van der Waals surface area contributed by atoms with Crippen LogP contribution in [-0.2, 0) is 4.79 Å². The summed E-state index contributed by atoms with van der Waals surface area (Å²) in [5, 5.41) is 0. The highest BCUT2D eigenvalue weighted by Crippen LogP contribution is 2.29. The Hall–Kier alpha value is -1.55. The third-order valence-corrected chi connectivity index (χ3v) is 3.21. The molecule has 0 bridgehead atoms. The molecule has 0 saturated carbocycles. The number of nitrogens with zero attached hydrogens (tertiary/aromatic N) is 1. The molecule has 0 heterocycles. The second-order valence-electron chi connectivity index (χ2n) is 5.25. The zero-order valence-electron chi connectivity index (χ0n) is 12.4. The molecule has 0 aromatic heterocycles. The van der Waals surface area contributed by atoms with Crippen molar-refractivity contribution in [2.45, 2.75) is 32.2 Å². The maximum absolute atomic E-state index is 11.8. The summed E-state index contributed by atoms with van der Waals surface area (Å²) in [6, 6.07) is 5.65. The van der Waals surface area contributed by atoms with Crippen molar-refractivity contribution >= 4 is 5.91 Å². The van der Waals surface area contributed by atoms with Crippen LogP contribution in [0.15, 0.2) is 18.2 Å². The summed E-state index contributed by atoms with van der Waals surface area (Å²) in [6.45, 7) is 4.25. The smallest absolute Gasteiger partial charge is 0.223 e. The number of amides is 1. The SMILES string of the molecule is COc1ccc(C(C)C)cc1C(N)CC(=O)N(C)C. The minimum atomic E-state index is -0.344. The van der Waals surface area contributed by atoms with Crippen molar-refractivity contribution in [3.8, 4) is 5.75 Å². The molecule has 1 unspecified atom stereocenters. The number of nitrogens with two attached hydrogens (primary N) is 1. The number of rotatable bonds is 5. The minimum absolute atomic E-state index is 0.0181. The van der Waals surface area contributed by atoms with Gasteiger partial charge in [-0.2, -0.15) is 0 Å². The van der Waals surface area contributed by atoms with Gasteiger partial charge < -0.3 is 15.4 Å². The minimum Gasteiger partial charge on any atom is -0.496 e. The average Bonchev–Trinajstić information content (AvgIpc) is 2.37. The van der Waals surface area contributed by atoms with Crippen LogP contribution in [0, 0.1) is 0 Å². The number of hydrogen-bond acceptors (Lipinski definition) is 3. The third kappa shape index (κ3) is 3.96. The predicted octanol–water partition coefficient (Wildman–Crippen LogP) is 2.30. The van der Waals surface area contributed by atoms with Gasteiger partial charge in [-0.1, -0.05) is 26.0 Å². The number of carbonyl (C=O) groups is 1. The average molecular weight is 264 g/mol. The van der Waals surface area contributed by atoms with Gasteiger partial charge in [0, 0.05) is 32.1 Å². The molecular formula is C15H24N2O2. The highest BCUT2D eigenvalue weighted by atomic mass is 16.5. The molecule has 106 valence electrons. The molecule has 0 aliphatic carbocycles. The summed E-state index contributed by atoms with van der Waals surface area (Å²) < 4.78 is 5.34. The summed E-state index contributed by atoms with van der Waals surface area (Å²) in [7, 11) is 5.09. The van der Waals surface area contributed by atoms with E-state index in [4.69, 9.17) is 10.5 Å². The van der Waals surface area contributed by atoms with E-state index in [1.165, 1.54) is 5.56 Å². The van der Waals surface area contributed by atoms with E-state index in [0.29, 0.717) is 5.92 Å². The Kier molecular flexibility index (Phi) is 5.36. The van der Waals surface area contributed by atoms with Crippen molar-refractivity contribution in [3.63, 3.8) is 0 Å². The molecule has 4 nitrogen and oxygen atoms in total. The van der Waals surface area contributed by atoms with Gasteiger partial charge >= 0.3 is 0 Å². The van der Waals surface area contributed by atoms with Gasteiger partial charge in [-0.15, -0.1) is 0 Å². The lowest BCUT2D eigenvalue weighted by Crippen LogP contribution is -2.26. The van der Waals surface area contributed by atoms with Crippen LogP contribution < -0.4 is 10.5 Å². The zero-order valence-corrected chi connectivity index (χ0v) is 12.4. The summed E-state index contributed by atoms with van der Waals surface area (Å²) in [4.78, 5) is 13.3. The lowest BCUT2D eigenvalue weighted by Gasteiger charge is -2.19. The molecule has 1 aromatic rings. The number of methoxy groups -OCH3 is 1. The van der Waals surface area contributed by atoms with Gasteiger partial charge in [-0.3, -0.25) is 4.79 Å². The first kappa shape index (κ1) is 15.5. The molecule has 0 aliphatic rings. The van der Waals surface area contributed by atoms with Crippen molar-refractivity contribution in [2.24, 2.45) is 5.73 Å². The molecule has 0 spiro atoms. The van der Waals surface area contributed by atoms with Crippen LogP contribution >= 0.6 is 0 Å². The van der Waals surface area contributed by atoms with Gasteiger partial charge in [0.1, 0.15) is 5.75 Å². The molecular weight excluding hydrogens is 240 g/mol. The first-order valence-corrected chi connectivity index (χ1v) is 6.50. The first-order valence-electron chi connectivity index (χ1n) is 6.50. The van der Waals surface area contributed by atoms with Gasteiger partial charge in [-0.25, -0.2) is 0 Å². The van der Waals surface area contributed by atoms with Crippen LogP contribution in [0.1, 0.15) is 43.4 Å². The Morgan fingerprint density at radius 3 is 2.47 bits per heavy atom. The quantitative estimate of drug-likeness (QED) is 0.887. The molecule has 2 N–H and O–H groups in total. The van der Waals surface area contributed by atoms with Crippen LogP contribution in [0.3, 0.4) is 0 Å². The van der Waals surface area contributed by atoms with Gasteiger partial charge in [0.2, 0.25) is 5.91 Å².